The molecule has 0 saturated carbocycles. The number of carbonyl (C=O) groups excluding carboxylic acids is 1. The maximum Gasteiger partial charge on any atom is 0.304 e. The van der Waals surface area contributed by atoms with Gasteiger partial charge < -0.3 is 9.67 Å². The van der Waals surface area contributed by atoms with Gasteiger partial charge in [0.15, 0.2) is 5.13 Å². The van der Waals surface area contributed by atoms with Crippen molar-refractivity contribution in [2.75, 3.05) is 11.9 Å². The SMILES string of the molecule is CN(C(=O)[C@@H](CC(=O)O)Cc1ccccc1)c1nc(-c2ccccc2-c2cnc3c(ccn3C)c2)cs1. The third-order valence-corrected chi connectivity index (χ3v) is 7.34. The van der Waals surface area contributed by atoms with Gasteiger partial charge in [0, 0.05) is 48.4 Å². The largest absolute Gasteiger partial charge is 0.481 e. The number of carboxylic acid groups (broad SMARTS) is 1. The lowest BCUT2D eigenvalue weighted by atomic mass is 9.95. The maximum absolute atomic E-state index is 13.4. The zero-order valence-electron chi connectivity index (χ0n) is 20.5. The summed E-state index contributed by atoms with van der Waals surface area (Å²) in [6.45, 7) is 0. The van der Waals surface area contributed by atoms with Gasteiger partial charge in [0.2, 0.25) is 5.91 Å². The van der Waals surface area contributed by atoms with Crippen molar-refractivity contribution in [3.05, 3.63) is 90.1 Å². The number of aryl methyl sites for hydroxylation is 1. The number of carboxylic acids is 1. The lowest BCUT2D eigenvalue weighted by molar-refractivity contribution is -0.140. The highest BCUT2D eigenvalue weighted by atomic mass is 32.1. The second kappa shape index (κ2) is 10.4. The maximum atomic E-state index is 13.4. The normalized spacial score (nSPS) is 11.9. The number of hydrogen-bond acceptors (Lipinski definition) is 5. The molecule has 5 rings (SSSR count). The van der Waals surface area contributed by atoms with Gasteiger partial charge in [-0.2, -0.15) is 0 Å². The van der Waals surface area contributed by atoms with Gasteiger partial charge in [-0.05, 0) is 29.7 Å². The van der Waals surface area contributed by atoms with E-state index in [4.69, 9.17) is 4.98 Å². The van der Waals surface area contributed by atoms with Gasteiger partial charge >= 0.3 is 5.97 Å². The van der Waals surface area contributed by atoms with Crippen LogP contribution in [0.4, 0.5) is 5.13 Å². The van der Waals surface area contributed by atoms with E-state index in [1.54, 1.807) is 7.05 Å². The predicted molar refractivity (Wildman–Crippen MR) is 147 cm³/mol. The van der Waals surface area contributed by atoms with Crippen molar-refractivity contribution in [3.63, 3.8) is 0 Å². The molecular formula is C29H26N4O3S. The minimum absolute atomic E-state index is 0.242. The summed E-state index contributed by atoms with van der Waals surface area (Å²) < 4.78 is 1.99. The van der Waals surface area contributed by atoms with Crippen LogP contribution in [0.25, 0.3) is 33.4 Å². The van der Waals surface area contributed by atoms with E-state index in [2.05, 4.69) is 11.1 Å². The molecule has 3 heterocycles. The van der Waals surface area contributed by atoms with Crippen LogP contribution in [0.3, 0.4) is 0 Å². The van der Waals surface area contributed by atoms with Crippen LogP contribution in [0.5, 0.6) is 0 Å². The summed E-state index contributed by atoms with van der Waals surface area (Å²) in [6.07, 6.45) is 3.97. The van der Waals surface area contributed by atoms with E-state index < -0.39 is 11.9 Å². The molecule has 1 N–H and O–H groups in total. The monoisotopic (exact) mass is 510 g/mol. The number of aromatic nitrogens is 3. The van der Waals surface area contributed by atoms with E-state index in [1.165, 1.54) is 16.2 Å². The van der Waals surface area contributed by atoms with E-state index in [0.29, 0.717) is 11.6 Å². The molecular weight excluding hydrogens is 484 g/mol. The molecule has 0 unspecified atom stereocenters. The molecule has 0 fully saturated rings. The second-order valence-electron chi connectivity index (χ2n) is 9.01. The van der Waals surface area contributed by atoms with Gasteiger partial charge in [-0.15, -0.1) is 11.3 Å². The number of anilines is 1. The fraction of sp³-hybridized carbons (Fsp3) is 0.172. The second-order valence-corrected chi connectivity index (χ2v) is 9.84. The number of fused-ring (bicyclic) bond motifs is 1. The van der Waals surface area contributed by atoms with Crippen molar-refractivity contribution in [2.45, 2.75) is 12.8 Å². The molecule has 0 aliphatic heterocycles. The number of pyridine rings is 1. The van der Waals surface area contributed by atoms with Gasteiger partial charge in [-0.3, -0.25) is 14.5 Å². The number of benzene rings is 2. The number of rotatable bonds is 8. The van der Waals surface area contributed by atoms with Crippen molar-refractivity contribution >= 4 is 39.4 Å². The average Bonchev–Trinajstić information content (AvgIpc) is 3.55. The highest BCUT2D eigenvalue weighted by molar-refractivity contribution is 7.14. The lowest BCUT2D eigenvalue weighted by Crippen LogP contribution is -2.35. The Morgan fingerprint density at radius 3 is 2.54 bits per heavy atom. The molecule has 0 saturated heterocycles. The van der Waals surface area contributed by atoms with Crippen molar-refractivity contribution in [2.24, 2.45) is 13.0 Å². The predicted octanol–water partition coefficient (Wildman–Crippen LogP) is 5.66. The van der Waals surface area contributed by atoms with E-state index in [9.17, 15) is 14.7 Å². The van der Waals surface area contributed by atoms with Crippen molar-refractivity contribution in [1.82, 2.24) is 14.5 Å². The molecule has 1 atom stereocenters. The summed E-state index contributed by atoms with van der Waals surface area (Å²) in [5.74, 6) is -1.95. The first-order valence-electron chi connectivity index (χ1n) is 11.9. The Kier molecular flexibility index (Phi) is 6.83. The molecule has 37 heavy (non-hydrogen) atoms. The molecule has 0 aliphatic carbocycles. The third kappa shape index (κ3) is 5.15. The summed E-state index contributed by atoms with van der Waals surface area (Å²) in [7, 11) is 3.63. The van der Waals surface area contributed by atoms with Crippen LogP contribution < -0.4 is 4.90 Å². The number of nitrogens with zero attached hydrogens (tertiary/aromatic N) is 4. The van der Waals surface area contributed by atoms with Crippen LogP contribution >= 0.6 is 11.3 Å². The Morgan fingerprint density at radius 1 is 1.05 bits per heavy atom. The Balaban J connectivity index is 1.42. The molecule has 2 aromatic carbocycles. The third-order valence-electron chi connectivity index (χ3n) is 6.43. The molecule has 1 amide bonds. The number of thiazole rings is 1. The molecule has 186 valence electrons. The number of amides is 1. The van der Waals surface area contributed by atoms with Gasteiger partial charge in [0.25, 0.3) is 0 Å². The number of hydrogen-bond donors (Lipinski definition) is 1. The highest BCUT2D eigenvalue weighted by Gasteiger charge is 2.27. The summed E-state index contributed by atoms with van der Waals surface area (Å²) in [4.78, 5) is 35.8. The minimum Gasteiger partial charge on any atom is -0.481 e. The number of aliphatic carboxylic acids is 1. The molecule has 0 aliphatic rings. The first-order valence-corrected chi connectivity index (χ1v) is 12.8. The lowest BCUT2D eigenvalue weighted by Gasteiger charge is -2.21. The van der Waals surface area contributed by atoms with Crippen LogP contribution in [-0.2, 0) is 23.1 Å². The van der Waals surface area contributed by atoms with Crippen molar-refractivity contribution < 1.29 is 14.7 Å². The minimum atomic E-state index is -1.000. The van der Waals surface area contributed by atoms with Crippen molar-refractivity contribution in [3.8, 4) is 22.4 Å². The molecule has 8 heteroatoms. The summed E-state index contributed by atoms with van der Waals surface area (Å²) >= 11 is 1.36. The summed E-state index contributed by atoms with van der Waals surface area (Å²) in [6, 6.07) is 21.6. The van der Waals surface area contributed by atoms with Gasteiger partial charge in [0.05, 0.1) is 18.0 Å². The standard InChI is InChI=1S/C29H26N4O3S/c1-32-13-12-20-15-22(17-30-27(20)32)23-10-6-7-11-24(23)25-18-37-29(31-25)33(2)28(36)21(16-26(34)35)14-19-8-4-3-5-9-19/h3-13,15,17-18,21H,14,16H2,1-2H3,(H,34,35)/t21-/m1/s1. The number of carbonyl (C=O) groups is 2. The van der Waals surface area contributed by atoms with Gasteiger partial charge in [-0.25, -0.2) is 9.97 Å². The summed E-state index contributed by atoms with van der Waals surface area (Å²) in [5, 5.41) is 12.9. The van der Waals surface area contributed by atoms with Gasteiger partial charge in [-0.1, -0.05) is 54.6 Å². The first-order chi connectivity index (χ1) is 17.9. The van der Waals surface area contributed by atoms with Crippen LogP contribution in [0.1, 0.15) is 12.0 Å². The Hall–Kier alpha value is -4.30. The van der Waals surface area contributed by atoms with Crippen LogP contribution in [-0.4, -0.2) is 38.6 Å². The quantitative estimate of drug-likeness (QED) is 0.291. The van der Waals surface area contributed by atoms with E-state index in [-0.39, 0.29) is 12.3 Å². The molecule has 5 aromatic rings. The zero-order valence-corrected chi connectivity index (χ0v) is 21.4. The fourth-order valence-corrected chi connectivity index (χ4v) is 5.32. The Labute approximate surface area is 218 Å². The molecule has 0 radical (unpaired) electrons. The summed E-state index contributed by atoms with van der Waals surface area (Å²) in [5.41, 5.74) is 5.52. The van der Waals surface area contributed by atoms with E-state index >= 15 is 0 Å². The highest BCUT2D eigenvalue weighted by Crippen LogP contribution is 2.35. The van der Waals surface area contributed by atoms with Crippen LogP contribution in [0.15, 0.2) is 84.5 Å². The molecule has 0 bridgehead atoms. The van der Waals surface area contributed by atoms with Gasteiger partial charge in [0.1, 0.15) is 5.65 Å². The zero-order chi connectivity index (χ0) is 25.9. The Morgan fingerprint density at radius 2 is 1.78 bits per heavy atom. The van der Waals surface area contributed by atoms with E-state index in [1.807, 2.05) is 90.1 Å². The molecule has 7 nitrogen and oxygen atoms in total. The molecule has 3 aromatic heterocycles. The average molecular weight is 511 g/mol. The molecule has 0 spiro atoms. The van der Waals surface area contributed by atoms with Crippen LogP contribution in [0, 0.1) is 5.92 Å². The van der Waals surface area contributed by atoms with Crippen molar-refractivity contribution in [1.29, 1.82) is 0 Å². The van der Waals surface area contributed by atoms with E-state index in [0.717, 1.165) is 39.0 Å². The fourth-order valence-electron chi connectivity index (χ4n) is 4.53. The first kappa shape index (κ1) is 24.4. The smallest absolute Gasteiger partial charge is 0.304 e. The topological polar surface area (TPSA) is 88.3 Å². The Bertz CT molecular complexity index is 1570. The van der Waals surface area contributed by atoms with Crippen LogP contribution in [0.2, 0.25) is 0 Å².